The van der Waals surface area contributed by atoms with Gasteiger partial charge in [0.2, 0.25) is 12.0 Å². The molecule has 176 valence electrons. The molecule has 0 aliphatic carbocycles. The molecule has 6 N–H and O–H groups in total. The summed E-state index contributed by atoms with van der Waals surface area (Å²) >= 11 is 0. The minimum atomic E-state index is -1.70. The minimum Gasteiger partial charge on any atom is -0.504 e. The van der Waals surface area contributed by atoms with Crippen LogP contribution in [0.2, 0.25) is 0 Å². The monoisotopic (exact) mass is 462 g/mol. The molecule has 33 heavy (non-hydrogen) atoms. The number of phenols is 3. The lowest BCUT2D eigenvalue weighted by molar-refractivity contribution is -0.268. The van der Waals surface area contributed by atoms with Crippen molar-refractivity contribution in [2.75, 3.05) is 7.11 Å². The maximum Gasteiger partial charge on any atom is 0.229 e. The SMILES string of the molecule is COc1cc(-c2cc(=O)c3c(O)c(O[C@H]4O[C@@H](C)[C@@H](O)[C@@H](O)[C@@H]4O)c(O)cc3o2)ccc1O. The molecular weight excluding hydrogens is 440 g/mol. The van der Waals surface area contributed by atoms with E-state index in [1.807, 2.05) is 0 Å². The highest BCUT2D eigenvalue weighted by Crippen LogP contribution is 2.43. The van der Waals surface area contributed by atoms with E-state index in [-0.39, 0.29) is 28.2 Å². The average molecular weight is 462 g/mol. The van der Waals surface area contributed by atoms with Crippen molar-refractivity contribution in [3.8, 4) is 40.1 Å². The van der Waals surface area contributed by atoms with Crippen LogP contribution in [0.4, 0.5) is 0 Å². The summed E-state index contributed by atoms with van der Waals surface area (Å²) < 4.78 is 21.4. The van der Waals surface area contributed by atoms with Crippen molar-refractivity contribution in [1.82, 2.24) is 0 Å². The maximum atomic E-state index is 12.8. The molecule has 5 atom stereocenters. The van der Waals surface area contributed by atoms with E-state index < -0.39 is 53.4 Å². The first kappa shape index (κ1) is 22.7. The molecule has 0 unspecified atom stereocenters. The first-order valence-corrected chi connectivity index (χ1v) is 9.88. The van der Waals surface area contributed by atoms with Crippen LogP contribution in [0.25, 0.3) is 22.3 Å². The Bertz CT molecular complexity index is 1250. The van der Waals surface area contributed by atoms with E-state index in [0.717, 1.165) is 12.1 Å². The summed E-state index contributed by atoms with van der Waals surface area (Å²) in [4.78, 5) is 12.8. The summed E-state index contributed by atoms with van der Waals surface area (Å²) in [6.45, 7) is 1.44. The van der Waals surface area contributed by atoms with Gasteiger partial charge < -0.3 is 49.3 Å². The Morgan fingerprint density at radius 1 is 0.939 bits per heavy atom. The molecule has 3 aromatic rings. The van der Waals surface area contributed by atoms with Crippen LogP contribution in [0.3, 0.4) is 0 Å². The van der Waals surface area contributed by atoms with E-state index in [2.05, 4.69) is 0 Å². The molecule has 1 fully saturated rings. The molecule has 1 aliphatic rings. The molecule has 0 saturated carbocycles. The van der Waals surface area contributed by atoms with Crippen molar-refractivity contribution >= 4 is 11.0 Å². The van der Waals surface area contributed by atoms with Crippen molar-refractivity contribution < 1.29 is 49.3 Å². The third-order valence-electron chi connectivity index (χ3n) is 5.43. The van der Waals surface area contributed by atoms with Crippen molar-refractivity contribution in [1.29, 1.82) is 0 Å². The fourth-order valence-corrected chi connectivity index (χ4v) is 3.59. The van der Waals surface area contributed by atoms with Gasteiger partial charge >= 0.3 is 0 Å². The second kappa shape index (κ2) is 8.45. The lowest BCUT2D eigenvalue weighted by Crippen LogP contribution is -2.58. The lowest BCUT2D eigenvalue weighted by Gasteiger charge is -2.38. The van der Waals surface area contributed by atoms with E-state index in [4.69, 9.17) is 18.6 Å². The largest absolute Gasteiger partial charge is 0.504 e. The summed E-state index contributed by atoms with van der Waals surface area (Å²) in [5, 5.41) is 60.4. The molecule has 0 spiro atoms. The molecule has 11 nitrogen and oxygen atoms in total. The van der Waals surface area contributed by atoms with Crippen molar-refractivity contribution in [2.45, 2.75) is 37.6 Å². The number of phenolic OH excluding ortho intramolecular Hbond substituents is 3. The van der Waals surface area contributed by atoms with Gasteiger partial charge in [-0.1, -0.05) is 0 Å². The predicted molar refractivity (Wildman–Crippen MR) is 112 cm³/mol. The average Bonchev–Trinajstić information content (AvgIpc) is 2.78. The summed E-state index contributed by atoms with van der Waals surface area (Å²) in [7, 11) is 1.36. The van der Waals surface area contributed by atoms with Gasteiger partial charge in [0, 0.05) is 17.7 Å². The standard InChI is InChI=1S/C22H22O11/c1-8-17(26)19(28)20(29)22(31-8)33-21-12(25)7-15-16(18(21)27)11(24)6-13(32-15)9-3-4-10(23)14(5-9)30-2/h3-8,17,19-20,22-23,25-29H,1-2H3/t8-,17+,19+,20-,22+/m0/s1. The molecule has 0 radical (unpaired) electrons. The van der Waals surface area contributed by atoms with Gasteiger partial charge in [0.1, 0.15) is 35.0 Å². The van der Waals surface area contributed by atoms with Crippen LogP contribution in [0.5, 0.6) is 28.7 Å². The van der Waals surface area contributed by atoms with Gasteiger partial charge in [-0.05, 0) is 25.1 Å². The second-order valence-corrected chi connectivity index (χ2v) is 7.61. The van der Waals surface area contributed by atoms with E-state index in [1.54, 1.807) is 0 Å². The molecule has 11 heteroatoms. The molecule has 0 amide bonds. The quantitative estimate of drug-likeness (QED) is 0.323. The topological polar surface area (TPSA) is 179 Å². The molecule has 1 aromatic heterocycles. The summed E-state index contributed by atoms with van der Waals surface area (Å²) in [6, 6.07) is 6.42. The second-order valence-electron chi connectivity index (χ2n) is 7.61. The zero-order valence-electron chi connectivity index (χ0n) is 17.5. The Labute approximate surface area is 186 Å². The zero-order chi connectivity index (χ0) is 24.0. The van der Waals surface area contributed by atoms with Gasteiger partial charge in [0.05, 0.1) is 13.2 Å². The highest BCUT2D eigenvalue weighted by molar-refractivity contribution is 5.89. The van der Waals surface area contributed by atoms with Gasteiger partial charge in [-0.3, -0.25) is 4.79 Å². The van der Waals surface area contributed by atoms with Crippen molar-refractivity contribution in [3.63, 3.8) is 0 Å². The number of aliphatic hydroxyl groups excluding tert-OH is 3. The van der Waals surface area contributed by atoms with Crippen molar-refractivity contribution in [2.24, 2.45) is 0 Å². The van der Waals surface area contributed by atoms with Crippen LogP contribution >= 0.6 is 0 Å². The third-order valence-corrected chi connectivity index (χ3v) is 5.43. The Hall–Kier alpha value is -3.51. The highest BCUT2D eigenvalue weighted by Gasteiger charge is 2.43. The molecule has 1 aliphatic heterocycles. The van der Waals surface area contributed by atoms with Crippen LogP contribution in [-0.2, 0) is 4.74 Å². The third kappa shape index (κ3) is 3.91. The number of aromatic hydroxyl groups is 3. The lowest BCUT2D eigenvalue weighted by atomic mass is 10.00. The summed E-state index contributed by atoms with van der Waals surface area (Å²) in [5.41, 5.74) is -0.446. The van der Waals surface area contributed by atoms with Gasteiger partial charge in [0.25, 0.3) is 0 Å². The van der Waals surface area contributed by atoms with Crippen molar-refractivity contribution in [3.05, 3.63) is 40.6 Å². The molecule has 2 aromatic carbocycles. The Morgan fingerprint density at radius 2 is 1.67 bits per heavy atom. The van der Waals surface area contributed by atoms with E-state index in [0.29, 0.717) is 5.56 Å². The van der Waals surface area contributed by atoms with Gasteiger partial charge in [-0.15, -0.1) is 0 Å². The summed E-state index contributed by atoms with van der Waals surface area (Å²) in [6.07, 6.45) is -7.15. The molecular formula is C22H22O11. The highest BCUT2D eigenvalue weighted by atomic mass is 16.7. The minimum absolute atomic E-state index is 0.0789. The Morgan fingerprint density at radius 3 is 2.36 bits per heavy atom. The number of ether oxygens (including phenoxy) is 3. The first-order chi connectivity index (χ1) is 15.6. The number of hydrogen-bond acceptors (Lipinski definition) is 11. The predicted octanol–water partition coefficient (Wildman–Crippen LogP) is 0.792. The van der Waals surface area contributed by atoms with E-state index >= 15 is 0 Å². The van der Waals surface area contributed by atoms with Gasteiger partial charge in [0.15, 0.2) is 28.4 Å². The van der Waals surface area contributed by atoms with Crippen LogP contribution in [0, 0.1) is 0 Å². The van der Waals surface area contributed by atoms with Gasteiger partial charge in [-0.2, -0.15) is 0 Å². The fraction of sp³-hybridized carbons (Fsp3) is 0.318. The van der Waals surface area contributed by atoms with Crippen LogP contribution in [0.15, 0.2) is 39.5 Å². The fourth-order valence-electron chi connectivity index (χ4n) is 3.59. The molecule has 4 rings (SSSR count). The molecule has 0 bridgehead atoms. The zero-order valence-corrected chi connectivity index (χ0v) is 17.5. The summed E-state index contributed by atoms with van der Waals surface area (Å²) in [5.74, 6) is -1.85. The maximum absolute atomic E-state index is 12.8. The number of aliphatic hydroxyl groups is 3. The van der Waals surface area contributed by atoms with Crippen LogP contribution < -0.4 is 14.9 Å². The van der Waals surface area contributed by atoms with Crippen LogP contribution in [-0.4, -0.2) is 68.5 Å². The van der Waals surface area contributed by atoms with Gasteiger partial charge in [-0.25, -0.2) is 0 Å². The van der Waals surface area contributed by atoms with Crippen LogP contribution in [0.1, 0.15) is 6.92 Å². The number of methoxy groups -OCH3 is 1. The number of fused-ring (bicyclic) bond motifs is 1. The van der Waals surface area contributed by atoms with E-state index in [1.165, 1.54) is 32.2 Å². The Kier molecular flexibility index (Phi) is 5.80. The smallest absolute Gasteiger partial charge is 0.229 e. The first-order valence-electron chi connectivity index (χ1n) is 9.88. The molecule has 2 heterocycles. The van der Waals surface area contributed by atoms with E-state index in [9.17, 15) is 35.4 Å². The Balaban J connectivity index is 1.76. The normalized spacial score (nSPS) is 25.2. The number of rotatable bonds is 4. The number of hydrogen-bond donors (Lipinski definition) is 6. The number of benzene rings is 2. The molecule has 1 saturated heterocycles.